The van der Waals surface area contributed by atoms with Gasteiger partial charge in [-0.05, 0) is 52.0 Å². The first-order chi connectivity index (χ1) is 11.5. The molecule has 0 radical (unpaired) electrons. The van der Waals surface area contributed by atoms with Crippen molar-refractivity contribution in [2.24, 2.45) is 5.73 Å². The van der Waals surface area contributed by atoms with Crippen molar-refractivity contribution in [2.45, 2.75) is 31.3 Å². The van der Waals surface area contributed by atoms with Gasteiger partial charge >= 0.3 is 0 Å². The second-order valence-corrected chi connectivity index (χ2v) is 7.28. The molecule has 3 heterocycles. The van der Waals surface area contributed by atoms with E-state index < -0.39 is 5.54 Å². The third-order valence-corrected chi connectivity index (χ3v) is 5.45. The van der Waals surface area contributed by atoms with Crippen LogP contribution < -0.4 is 5.73 Å². The van der Waals surface area contributed by atoms with E-state index in [1.807, 2.05) is 23.1 Å². The summed E-state index contributed by atoms with van der Waals surface area (Å²) in [7, 11) is 2.19. The summed E-state index contributed by atoms with van der Waals surface area (Å²) in [6.07, 6.45) is 4.14. The van der Waals surface area contributed by atoms with Gasteiger partial charge in [0.25, 0.3) is 0 Å². The second kappa shape index (κ2) is 7.17. The van der Waals surface area contributed by atoms with Crippen LogP contribution in [0, 0.1) is 0 Å². The van der Waals surface area contributed by atoms with Gasteiger partial charge in [0.15, 0.2) is 0 Å². The van der Waals surface area contributed by atoms with Gasteiger partial charge in [0, 0.05) is 38.4 Å². The zero-order valence-electron chi connectivity index (χ0n) is 14.8. The summed E-state index contributed by atoms with van der Waals surface area (Å²) in [6, 6.07) is 6.20. The minimum atomic E-state index is -1.06. The van der Waals surface area contributed by atoms with E-state index in [9.17, 15) is 4.79 Å². The highest BCUT2D eigenvalue weighted by Crippen LogP contribution is 2.21. The first-order valence-electron chi connectivity index (χ1n) is 8.91. The molecule has 0 spiro atoms. The van der Waals surface area contributed by atoms with Gasteiger partial charge in [-0.15, -0.1) is 0 Å². The van der Waals surface area contributed by atoms with Crippen LogP contribution in [0.1, 0.15) is 25.5 Å². The van der Waals surface area contributed by atoms with Gasteiger partial charge < -0.3 is 15.5 Å². The van der Waals surface area contributed by atoms with Crippen molar-refractivity contribution in [1.29, 1.82) is 0 Å². The average molecular weight is 331 g/mol. The van der Waals surface area contributed by atoms with Crippen molar-refractivity contribution in [3.8, 4) is 0 Å². The monoisotopic (exact) mass is 331 g/mol. The molecule has 2 fully saturated rings. The third kappa shape index (κ3) is 3.61. The zero-order valence-corrected chi connectivity index (χ0v) is 14.8. The standard InChI is InChI=1S/C18H29N5O/c1-18(19,16-5-3-4-8-20-16)17(24)23-13-11-22(12-14-23)15-6-9-21(2)10-7-15/h3-5,8,15H,6-7,9-14,19H2,1-2H3/t18-/m0/s1. The van der Waals surface area contributed by atoms with Crippen LogP contribution in [-0.2, 0) is 10.3 Å². The number of carbonyl (C=O) groups excluding carboxylic acids is 1. The largest absolute Gasteiger partial charge is 0.338 e. The predicted octanol–water partition coefficient (Wildman–Crippen LogP) is 0.494. The molecular formula is C18H29N5O. The number of amides is 1. The fraction of sp³-hybridized carbons (Fsp3) is 0.667. The Morgan fingerprint density at radius 3 is 2.42 bits per heavy atom. The molecule has 1 aromatic heterocycles. The lowest BCUT2D eigenvalue weighted by Gasteiger charge is -2.43. The summed E-state index contributed by atoms with van der Waals surface area (Å²) in [5.41, 5.74) is 5.91. The molecular weight excluding hydrogens is 302 g/mol. The zero-order chi connectivity index (χ0) is 17.2. The predicted molar refractivity (Wildman–Crippen MR) is 94.4 cm³/mol. The molecule has 24 heavy (non-hydrogen) atoms. The summed E-state index contributed by atoms with van der Waals surface area (Å²) >= 11 is 0. The number of nitrogens with two attached hydrogens (primary N) is 1. The summed E-state index contributed by atoms with van der Waals surface area (Å²) < 4.78 is 0. The van der Waals surface area contributed by atoms with E-state index in [1.165, 1.54) is 25.9 Å². The molecule has 0 unspecified atom stereocenters. The SMILES string of the molecule is CN1CCC(N2CCN(C(=O)[C@@](C)(N)c3ccccn3)CC2)CC1. The van der Waals surface area contributed by atoms with E-state index in [-0.39, 0.29) is 5.91 Å². The Labute approximate surface area is 144 Å². The smallest absolute Gasteiger partial charge is 0.248 e. The van der Waals surface area contributed by atoms with Gasteiger partial charge in [0.2, 0.25) is 5.91 Å². The molecule has 2 N–H and O–H groups in total. The van der Waals surface area contributed by atoms with Crippen LogP contribution in [0.4, 0.5) is 0 Å². The molecule has 2 saturated heterocycles. The number of hydrogen-bond donors (Lipinski definition) is 1. The van der Waals surface area contributed by atoms with Gasteiger partial charge in [0.05, 0.1) is 5.69 Å². The van der Waals surface area contributed by atoms with Gasteiger partial charge in [-0.25, -0.2) is 0 Å². The lowest BCUT2D eigenvalue weighted by Crippen LogP contribution is -2.59. The number of piperazine rings is 1. The third-order valence-electron chi connectivity index (χ3n) is 5.45. The van der Waals surface area contributed by atoms with Crippen LogP contribution in [0.25, 0.3) is 0 Å². The fourth-order valence-electron chi connectivity index (χ4n) is 3.76. The summed E-state index contributed by atoms with van der Waals surface area (Å²) in [5.74, 6) is -0.0239. The molecule has 0 saturated carbocycles. The Morgan fingerprint density at radius 2 is 1.83 bits per heavy atom. The van der Waals surface area contributed by atoms with Crippen molar-refractivity contribution in [1.82, 2.24) is 19.7 Å². The average Bonchev–Trinajstić information content (AvgIpc) is 2.62. The number of pyridine rings is 1. The van der Waals surface area contributed by atoms with Crippen LogP contribution in [0.2, 0.25) is 0 Å². The fourth-order valence-corrected chi connectivity index (χ4v) is 3.76. The van der Waals surface area contributed by atoms with Crippen molar-refractivity contribution in [3.05, 3.63) is 30.1 Å². The molecule has 1 atom stereocenters. The maximum Gasteiger partial charge on any atom is 0.248 e. The van der Waals surface area contributed by atoms with Gasteiger partial charge in [-0.2, -0.15) is 0 Å². The summed E-state index contributed by atoms with van der Waals surface area (Å²) in [6.45, 7) is 7.50. The first-order valence-corrected chi connectivity index (χ1v) is 8.91. The van der Waals surface area contributed by atoms with Crippen LogP contribution in [0.3, 0.4) is 0 Å². The molecule has 132 valence electrons. The van der Waals surface area contributed by atoms with Crippen molar-refractivity contribution in [2.75, 3.05) is 46.3 Å². The molecule has 0 bridgehead atoms. The molecule has 0 aliphatic carbocycles. The minimum Gasteiger partial charge on any atom is -0.338 e. The highest BCUT2D eigenvalue weighted by molar-refractivity contribution is 5.86. The van der Waals surface area contributed by atoms with E-state index in [0.717, 1.165) is 26.2 Å². The van der Waals surface area contributed by atoms with Gasteiger partial charge in [0.1, 0.15) is 5.54 Å². The Kier molecular flexibility index (Phi) is 5.18. The highest BCUT2D eigenvalue weighted by Gasteiger charge is 2.37. The van der Waals surface area contributed by atoms with E-state index >= 15 is 0 Å². The number of carbonyl (C=O) groups is 1. The number of nitrogens with zero attached hydrogens (tertiary/aromatic N) is 4. The Balaban J connectivity index is 1.57. The molecule has 0 aromatic carbocycles. The van der Waals surface area contributed by atoms with Crippen molar-refractivity contribution >= 4 is 5.91 Å². The Morgan fingerprint density at radius 1 is 1.17 bits per heavy atom. The van der Waals surface area contributed by atoms with Gasteiger partial charge in [-0.1, -0.05) is 6.07 Å². The van der Waals surface area contributed by atoms with Gasteiger partial charge in [-0.3, -0.25) is 14.7 Å². The number of rotatable bonds is 3. The Hall–Kier alpha value is -1.50. The maximum absolute atomic E-state index is 12.9. The number of hydrogen-bond acceptors (Lipinski definition) is 5. The van der Waals surface area contributed by atoms with Crippen molar-refractivity contribution < 1.29 is 4.79 Å². The van der Waals surface area contributed by atoms with E-state index in [2.05, 4.69) is 21.8 Å². The van der Waals surface area contributed by atoms with Crippen LogP contribution in [0.5, 0.6) is 0 Å². The first kappa shape index (κ1) is 17.3. The molecule has 2 aliphatic rings. The number of likely N-dealkylation sites (tertiary alicyclic amines) is 1. The molecule has 6 heteroatoms. The van der Waals surface area contributed by atoms with E-state index in [0.29, 0.717) is 11.7 Å². The normalized spacial score (nSPS) is 23.9. The molecule has 1 amide bonds. The van der Waals surface area contributed by atoms with E-state index in [4.69, 9.17) is 5.73 Å². The summed E-state index contributed by atoms with van der Waals surface area (Å²) in [5, 5.41) is 0. The molecule has 6 nitrogen and oxygen atoms in total. The molecule has 3 rings (SSSR count). The second-order valence-electron chi connectivity index (χ2n) is 7.28. The topological polar surface area (TPSA) is 65.7 Å². The van der Waals surface area contributed by atoms with Crippen LogP contribution >= 0.6 is 0 Å². The van der Waals surface area contributed by atoms with E-state index in [1.54, 1.807) is 13.1 Å². The van der Waals surface area contributed by atoms with Crippen LogP contribution in [0.15, 0.2) is 24.4 Å². The van der Waals surface area contributed by atoms with Crippen molar-refractivity contribution in [3.63, 3.8) is 0 Å². The maximum atomic E-state index is 12.9. The highest BCUT2D eigenvalue weighted by atomic mass is 16.2. The summed E-state index contributed by atoms with van der Waals surface area (Å²) in [4.78, 5) is 24.0. The quantitative estimate of drug-likeness (QED) is 0.873. The number of piperidine rings is 1. The molecule has 2 aliphatic heterocycles. The number of aromatic nitrogens is 1. The minimum absolute atomic E-state index is 0.0239. The molecule has 1 aromatic rings. The lowest BCUT2D eigenvalue weighted by atomic mass is 9.95. The van der Waals surface area contributed by atoms with Crippen LogP contribution in [-0.4, -0.2) is 77.9 Å². The Bertz CT molecular complexity index is 546. The lowest BCUT2D eigenvalue weighted by molar-refractivity contribution is -0.139.